The number of rotatable bonds is 11. The van der Waals surface area contributed by atoms with Crippen LogP contribution in [-0.2, 0) is 11.3 Å². The van der Waals surface area contributed by atoms with E-state index in [1.54, 1.807) is 24.1 Å². The first-order valence-corrected chi connectivity index (χ1v) is 16.8. The molecular formula is C40H52N4O4. The fraction of sp³-hybridized carbons (Fsp3) is 0.400. The standard InChI is InChI=1S/C22H31N3O2.C18H21NO2/c1-17(2)16-27-20-7-4-18(5-8-20)15-24-22-14-19(6-9-21(22)23-3)25-10-12-26-13-11-25;1-18(2,3)12-19(4)17(21)15-10-6-8-13-7-5-9-14(11-20)16(13)15/h4-9,14,17,23-24H,10-13,15-16H2,1-3H3;5-11H,12H2,1-4H3. The number of nitrogens with zero attached hydrogens (tertiary/aromatic N) is 2. The summed E-state index contributed by atoms with van der Waals surface area (Å²) in [6, 6.07) is 25.9. The van der Waals surface area contributed by atoms with E-state index in [0.29, 0.717) is 23.6 Å². The smallest absolute Gasteiger partial charge is 0.254 e. The first kappa shape index (κ1) is 36.3. The van der Waals surface area contributed by atoms with Crippen LogP contribution in [0.4, 0.5) is 17.1 Å². The topological polar surface area (TPSA) is 83.1 Å². The summed E-state index contributed by atoms with van der Waals surface area (Å²) in [7, 11) is 3.76. The molecule has 0 atom stereocenters. The maximum Gasteiger partial charge on any atom is 0.254 e. The molecule has 8 nitrogen and oxygen atoms in total. The largest absolute Gasteiger partial charge is 0.493 e. The first-order chi connectivity index (χ1) is 23.0. The van der Waals surface area contributed by atoms with E-state index in [1.165, 1.54) is 11.3 Å². The Bertz CT molecular complexity index is 1630. The highest BCUT2D eigenvalue weighted by Gasteiger charge is 2.21. The summed E-state index contributed by atoms with van der Waals surface area (Å²) >= 11 is 0. The average Bonchev–Trinajstić information content (AvgIpc) is 3.09. The number of benzene rings is 4. The molecule has 1 fully saturated rings. The Kier molecular flexibility index (Phi) is 12.9. The van der Waals surface area contributed by atoms with Crippen LogP contribution in [0.1, 0.15) is 60.9 Å². The normalized spacial score (nSPS) is 13.0. The summed E-state index contributed by atoms with van der Waals surface area (Å²) in [5.41, 5.74) is 5.85. The van der Waals surface area contributed by atoms with Crippen LogP contribution in [0.15, 0.2) is 78.9 Å². The highest BCUT2D eigenvalue weighted by molar-refractivity contribution is 6.12. The Hall–Kier alpha value is -4.56. The number of nitrogens with one attached hydrogen (secondary N) is 2. The third-order valence-corrected chi connectivity index (χ3v) is 7.99. The van der Waals surface area contributed by atoms with Gasteiger partial charge in [-0.15, -0.1) is 0 Å². The molecule has 0 bridgehead atoms. The Morgan fingerprint density at radius 1 is 0.979 bits per heavy atom. The second-order valence-electron chi connectivity index (χ2n) is 13.9. The molecule has 0 aromatic heterocycles. The van der Waals surface area contributed by atoms with E-state index < -0.39 is 0 Å². The van der Waals surface area contributed by atoms with Crippen molar-refractivity contribution in [3.8, 4) is 5.75 Å². The second-order valence-corrected chi connectivity index (χ2v) is 13.9. The molecule has 4 aromatic rings. The van der Waals surface area contributed by atoms with E-state index in [-0.39, 0.29) is 11.3 Å². The molecule has 0 aliphatic carbocycles. The summed E-state index contributed by atoms with van der Waals surface area (Å²) in [5.74, 6) is 1.41. The van der Waals surface area contributed by atoms with Crippen LogP contribution in [0.2, 0.25) is 0 Å². The van der Waals surface area contributed by atoms with E-state index in [2.05, 4.69) is 80.5 Å². The van der Waals surface area contributed by atoms with Crippen LogP contribution in [-0.4, -0.2) is 70.6 Å². The minimum absolute atomic E-state index is 0.0302. The Morgan fingerprint density at radius 3 is 2.29 bits per heavy atom. The molecule has 5 rings (SSSR count). The van der Waals surface area contributed by atoms with Crippen molar-refractivity contribution in [3.63, 3.8) is 0 Å². The van der Waals surface area contributed by atoms with Gasteiger partial charge in [-0.25, -0.2) is 0 Å². The number of ether oxygens (including phenoxy) is 2. The van der Waals surface area contributed by atoms with Gasteiger partial charge in [0, 0.05) is 62.5 Å². The number of aldehydes is 1. The number of morpholine rings is 1. The molecule has 1 saturated heterocycles. The van der Waals surface area contributed by atoms with Crippen molar-refractivity contribution in [3.05, 3.63) is 95.6 Å². The first-order valence-electron chi connectivity index (χ1n) is 16.8. The van der Waals surface area contributed by atoms with Gasteiger partial charge < -0.3 is 29.9 Å². The highest BCUT2D eigenvalue weighted by Crippen LogP contribution is 2.29. The molecule has 0 radical (unpaired) electrons. The van der Waals surface area contributed by atoms with Crippen LogP contribution in [0.3, 0.4) is 0 Å². The lowest BCUT2D eigenvalue weighted by Gasteiger charge is -2.29. The Balaban J connectivity index is 0.000000224. The number of amides is 1. The summed E-state index contributed by atoms with van der Waals surface area (Å²) in [5, 5.41) is 8.49. The van der Waals surface area contributed by atoms with Gasteiger partial charge in [0.05, 0.1) is 31.2 Å². The predicted molar refractivity (Wildman–Crippen MR) is 199 cm³/mol. The Morgan fingerprint density at radius 2 is 1.67 bits per heavy atom. The average molecular weight is 653 g/mol. The number of carbonyl (C=O) groups is 2. The van der Waals surface area contributed by atoms with E-state index in [9.17, 15) is 9.59 Å². The second kappa shape index (κ2) is 17.0. The fourth-order valence-corrected chi connectivity index (χ4v) is 5.71. The fourth-order valence-electron chi connectivity index (χ4n) is 5.71. The predicted octanol–water partition coefficient (Wildman–Crippen LogP) is 7.98. The zero-order chi connectivity index (χ0) is 34.7. The lowest BCUT2D eigenvalue weighted by atomic mass is 9.95. The van der Waals surface area contributed by atoms with Crippen LogP contribution in [0.5, 0.6) is 5.75 Å². The number of carbonyl (C=O) groups excluding carboxylic acids is 2. The summed E-state index contributed by atoms with van der Waals surface area (Å²) in [6.45, 7) is 16.2. The van der Waals surface area contributed by atoms with Gasteiger partial charge in [-0.1, -0.05) is 77.1 Å². The summed E-state index contributed by atoms with van der Waals surface area (Å²) in [4.78, 5) is 28.1. The van der Waals surface area contributed by atoms with Gasteiger partial charge in [-0.05, 0) is 58.7 Å². The molecule has 1 aliphatic rings. The maximum absolute atomic E-state index is 12.7. The minimum Gasteiger partial charge on any atom is -0.493 e. The maximum atomic E-state index is 12.7. The van der Waals surface area contributed by atoms with Crippen molar-refractivity contribution >= 4 is 40.0 Å². The molecule has 0 unspecified atom stereocenters. The summed E-state index contributed by atoms with van der Waals surface area (Å²) < 4.78 is 11.2. The lowest BCUT2D eigenvalue weighted by molar-refractivity contribution is 0.0747. The van der Waals surface area contributed by atoms with E-state index in [4.69, 9.17) is 9.47 Å². The SMILES string of the molecule is CN(CC(C)(C)C)C(=O)c1cccc2cccc(C=O)c12.CNc1ccc(N2CCOCC2)cc1NCc1ccc(OCC(C)C)cc1. The van der Waals surface area contributed by atoms with Crippen LogP contribution < -0.4 is 20.3 Å². The third kappa shape index (κ3) is 10.2. The number of hydrogen-bond acceptors (Lipinski definition) is 7. The third-order valence-electron chi connectivity index (χ3n) is 7.99. The zero-order valence-corrected chi connectivity index (χ0v) is 29.6. The molecule has 4 aromatic carbocycles. The molecule has 1 amide bonds. The molecule has 256 valence electrons. The van der Waals surface area contributed by atoms with Crippen LogP contribution >= 0.6 is 0 Å². The molecule has 0 spiro atoms. The quantitative estimate of drug-likeness (QED) is 0.159. The van der Waals surface area contributed by atoms with Gasteiger partial charge in [0.2, 0.25) is 0 Å². The van der Waals surface area contributed by atoms with Crippen molar-refractivity contribution in [1.82, 2.24) is 4.90 Å². The molecule has 0 saturated carbocycles. The van der Waals surface area contributed by atoms with Gasteiger partial charge >= 0.3 is 0 Å². The van der Waals surface area contributed by atoms with E-state index >= 15 is 0 Å². The lowest BCUT2D eigenvalue weighted by Crippen LogP contribution is -2.36. The van der Waals surface area contributed by atoms with Crippen LogP contribution in [0, 0.1) is 11.3 Å². The van der Waals surface area contributed by atoms with Gasteiger partial charge in [-0.2, -0.15) is 0 Å². The summed E-state index contributed by atoms with van der Waals surface area (Å²) in [6.07, 6.45) is 0.808. The highest BCUT2D eigenvalue weighted by atomic mass is 16.5. The van der Waals surface area contributed by atoms with Crippen molar-refractivity contribution in [1.29, 1.82) is 0 Å². The molecule has 48 heavy (non-hydrogen) atoms. The van der Waals surface area contributed by atoms with E-state index in [1.807, 2.05) is 43.4 Å². The van der Waals surface area contributed by atoms with Crippen LogP contribution in [0.25, 0.3) is 10.8 Å². The van der Waals surface area contributed by atoms with Crippen molar-refractivity contribution in [2.45, 2.75) is 41.2 Å². The van der Waals surface area contributed by atoms with Crippen molar-refractivity contribution < 1.29 is 19.1 Å². The van der Waals surface area contributed by atoms with Gasteiger partial charge in [0.15, 0.2) is 6.29 Å². The monoisotopic (exact) mass is 652 g/mol. The van der Waals surface area contributed by atoms with Crippen molar-refractivity contribution in [2.75, 3.05) is 69.1 Å². The molecule has 1 heterocycles. The minimum atomic E-state index is -0.0511. The molecule has 1 aliphatic heterocycles. The number of anilines is 3. The van der Waals surface area contributed by atoms with Gasteiger partial charge in [0.25, 0.3) is 5.91 Å². The van der Waals surface area contributed by atoms with E-state index in [0.717, 1.165) is 73.6 Å². The van der Waals surface area contributed by atoms with Gasteiger partial charge in [-0.3, -0.25) is 9.59 Å². The number of hydrogen-bond donors (Lipinski definition) is 2. The Labute approximate surface area is 286 Å². The molecule has 8 heteroatoms. The van der Waals surface area contributed by atoms with Crippen molar-refractivity contribution in [2.24, 2.45) is 11.3 Å². The number of fused-ring (bicyclic) bond motifs is 1. The van der Waals surface area contributed by atoms with Gasteiger partial charge in [0.1, 0.15) is 5.75 Å². The zero-order valence-electron chi connectivity index (χ0n) is 29.6. The molecular weight excluding hydrogens is 600 g/mol. The molecule has 2 N–H and O–H groups in total.